The second-order valence-electron chi connectivity index (χ2n) is 9.85. The Kier molecular flexibility index (Phi) is 8.05. The zero-order chi connectivity index (χ0) is 28.1. The maximum absolute atomic E-state index is 12.6. The van der Waals surface area contributed by atoms with Gasteiger partial charge in [0.2, 0.25) is 11.6 Å². The number of benzene rings is 2. The molecule has 0 aliphatic carbocycles. The van der Waals surface area contributed by atoms with Crippen LogP contribution in [0.15, 0.2) is 76.2 Å². The van der Waals surface area contributed by atoms with Gasteiger partial charge in [-0.1, -0.05) is 24.3 Å². The molecule has 0 atom stereocenters. The second kappa shape index (κ2) is 12.0. The smallest absolute Gasteiger partial charge is 0.299 e. The number of carbonyl (C=O) groups is 1. The van der Waals surface area contributed by atoms with Crippen molar-refractivity contribution < 1.29 is 9.21 Å². The number of anilines is 3. The molecule has 3 heterocycles. The maximum atomic E-state index is 12.6. The monoisotopic (exact) mass is 537 g/mol. The Morgan fingerprint density at radius 2 is 1.93 bits per heavy atom. The van der Waals surface area contributed by atoms with E-state index in [9.17, 15) is 9.59 Å². The van der Waals surface area contributed by atoms with Crippen LogP contribution in [0.1, 0.15) is 12.0 Å². The first-order valence-electron chi connectivity index (χ1n) is 13.1. The zero-order valence-electron chi connectivity index (χ0n) is 22.6. The largest absolute Gasteiger partial charge is 0.423 e. The lowest BCUT2D eigenvalue weighted by molar-refractivity contribution is -0.116. The van der Waals surface area contributed by atoms with E-state index in [1.807, 2.05) is 25.1 Å². The summed E-state index contributed by atoms with van der Waals surface area (Å²) in [5.74, 6) is 0.457. The highest BCUT2D eigenvalue weighted by molar-refractivity contribution is 5.91. The number of likely N-dealkylation sites (N-methyl/N-ethyl adjacent to an activating group) is 1. The zero-order valence-corrected chi connectivity index (χ0v) is 22.6. The molecule has 0 radical (unpaired) electrons. The van der Waals surface area contributed by atoms with Gasteiger partial charge in [-0.2, -0.15) is 0 Å². The molecule has 40 heavy (non-hydrogen) atoms. The lowest BCUT2D eigenvalue weighted by Gasteiger charge is -2.32. The second-order valence-corrected chi connectivity index (χ2v) is 9.85. The molecule has 1 aliphatic heterocycles. The third-order valence-electron chi connectivity index (χ3n) is 6.98. The van der Waals surface area contributed by atoms with Gasteiger partial charge in [0, 0.05) is 68.3 Å². The molecule has 1 saturated heterocycles. The van der Waals surface area contributed by atoms with Gasteiger partial charge in [0.25, 0.3) is 11.6 Å². The van der Waals surface area contributed by atoms with Crippen molar-refractivity contribution in [2.45, 2.75) is 13.3 Å². The standard InChI is InChI=1S/C30H31N7O3/c1-21-7-9-23(33-28(38)11-13-36-16-14-35(3)15-17-36)19-25(21)34-30-32-20-27(40-30)22-8-10-24(31-2)26(18-22)37-12-5-4-6-29(37)39/h4-10,12,18-20H,11,13-17H2,1,3H3,(H,32,34)(H,33,38). The summed E-state index contributed by atoms with van der Waals surface area (Å²) in [5, 5.41) is 6.19. The predicted molar refractivity (Wildman–Crippen MR) is 155 cm³/mol. The summed E-state index contributed by atoms with van der Waals surface area (Å²) in [7, 11) is 2.12. The van der Waals surface area contributed by atoms with E-state index in [0.29, 0.717) is 34.8 Å². The van der Waals surface area contributed by atoms with Crippen LogP contribution in [-0.4, -0.2) is 65.0 Å². The first kappa shape index (κ1) is 26.9. The molecule has 2 N–H and O–H groups in total. The molecular weight excluding hydrogens is 506 g/mol. The van der Waals surface area contributed by atoms with Gasteiger partial charge in [0.15, 0.2) is 5.76 Å². The van der Waals surface area contributed by atoms with Crippen molar-refractivity contribution in [3.05, 3.63) is 94.3 Å². The fourth-order valence-electron chi connectivity index (χ4n) is 4.56. The fraction of sp³-hybridized carbons (Fsp3) is 0.267. The summed E-state index contributed by atoms with van der Waals surface area (Å²) in [6, 6.07) is 16.0. The van der Waals surface area contributed by atoms with Crippen molar-refractivity contribution in [2.75, 3.05) is 50.4 Å². The van der Waals surface area contributed by atoms with Crippen LogP contribution in [0.4, 0.5) is 23.1 Å². The van der Waals surface area contributed by atoms with Gasteiger partial charge < -0.3 is 24.9 Å². The van der Waals surface area contributed by atoms with Crippen molar-refractivity contribution in [2.24, 2.45) is 0 Å². The highest BCUT2D eigenvalue weighted by Crippen LogP contribution is 2.32. The van der Waals surface area contributed by atoms with Crippen LogP contribution in [0.25, 0.3) is 21.9 Å². The molecular formula is C30H31N7O3. The minimum Gasteiger partial charge on any atom is -0.423 e. The Hall–Kier alpha value is -4.72. The number of nitrogens with zero attached hydrogens (tertiary/aromatic N) is 5. The minimum absolute atomic E-state index is 0.0247. The van der Waals surface area contributed by atoms with Crippen LogP contribution in [0.5, 0.6) is 0 Å². The highest BCUT2D eigenvalue weighted by Gasteiger charge is 2.16. The van der Waals surface area contributed by atoms with Crippen molar-refractivity contribution in [1.82, 2.24) is 19.4 Å². The number of aromatic nitrogens is 2. The number of hydrogen-bond donors (Lipinski definition) is 2. The molecule has 2 aromatic heterocycles. The van der Waals surface area contributed by atoms with E-state index in [4.69, 9.17) is 11.0 Å². The third-order valence-corrected chi connectivity index (χ3v) is 6.98. The Balaban J connectivity index is 1.27. The molecule has 1 fully saturated rings. The summed E-state index contributed by atoms with van der Waals surface area (Å²) in [5.41, 5.74) is 3.68. The summed E-state index contributed by atoms with van der Waals surface area (Å²) in [6.45, 7) is 14.2. The molecule has 1 aliphatic rings. The van der Waals surface area contributed by atoms with E-state index in [1.54, 1.807) is 42.7 Å². The van der Waals surface area contributed by atoms with Crippen LogP contribution in [0, 0.1) is 13.5 Å². The summed E-state index contributed by atoms with van der Waals surface area (Å²) in [4.78, 5) is 37.5. The number of pyridine rings is 1. The normalized spacial score (nSPS) is 14.0. The first-order chi connectivity index (χ1) is 19.4. The number of amides is 1. The molecule has 10 nitrogen and oxygen atoms in total. The lowest BCUT2D eigenvalue weighted by atomic mass is 10.1. The Bertz CT molecular complexity index is 1610. The lowest BCUT2D eigenvalue weighted by Crippen LogP contribution is -2.45. The van der Waals surface area contributed by atoms with Crippen LogP contribution < -0.4 is 16.2 Å². The molecule has 0 saturated carbocycles. The van der Waals surface area contributed by atoms with Crippen LogP contribution in [0.3, 0.4) is 0 Å². The molecule has 10 heteroatoms. The van der Waals surface area contributed by atoms with Gasteiger partial charge in [0.05, 0.1) is 18.5 Å². The van der Waals surface area contributed by atoms with Crippen LogP contribution in [-0.2, 0) is 4.79 Å². The fourth-order valence-corrected chi connectivity index (χ4v) is 4.56. The van der Waals surface area contributed by atoms with Gasteiger partial charge in [0.1, 0.15) is 0 Å². The Morgan fingerprint density at radius 1 is 1.10 bits per heavy atom. The topological polar surface area (TPSA) is 100 Å². The number of rotatable bonds is 8. The molecule has 2 aromatic carbocycles. The number of aryl methyl sites for hydroxylation is 1. The minimum atomic E-state index is -0.230. The van der Waals surface area contributed by atoms with E-state index in [0.717, 1.165) is 44.0 Å². The number of oxazole rings is 1. The quantitative estimate of drug-likeness (QED) is 0.315. The van der Waals surface area contributed by atoms with E-state index in [1.165, 1.54) is 10.6 Å². The van der Waals surface area contributed by atoms with Crippen molar-refractivity contribution in [3.63, 3.8) is 0 Å². The molecule has 4 aromatic rings. The van der Waals surface area contributed by atoms with E-state index in [2.05, 4.69) is 37.3 Å². The average Bonchev–Trinajstić information content (AvgIpc) is 3.43. The molecule has 0 bridgehead atoms. The average molecular weight is 538 g/mol. The summed E-state index contributed by atoms with van der Waals surface area (Å²) in [6.07, 6.45) is 3.66. The van der Waals surface area contributed by atoms with Gasteiger partial charge in [-0.25, -0.2) is 9.83 Å². The predicted octanol–water partition coefficient (Wildman–Crippen LogP) is 4.67. The van der Waals surface area contributed by atoms with Crippen molar-refractivity contribution >= 4 is 29.0 Å². The molecule has 0 unspecified atom stereocenters. The van der Waals surface area contributed by atoms with Crippen LogP contribution in [0.2, 0.25) is 0 Å². The Morgan fingerprint density at radius 3 is 2.70 bits per heavy atom. The summed E-state index contributed by atoms with van der Waals surface area (Å²) >= 11 is 0. The van der Waals surface area contributed by atoms with Gasteiger partial charge in [-0.05, 0) is 43.8 Å². The van der Waals surface area contributed by atoms with E-state index in [-0.39, 0.29) is 17.5 Å². The number of nitrogens with one attached hydrogen (secondary N) is 2. The molecule has 0 spiro atoms. The first-order valence-corrected chi connectivity index (χ1v) is 13.1. The Labute approximate surface area is 232 Å². The van der Waals surface area contributed by atoms with Gasteiger partial charge >= 0.3 is 0 Å². The van der Waals surface area contributed by atoms with Crippen molar-refractivity contribution in [1.29, 1.82) is 0 Å². The van der Waals surface area contributed by atoms with Crippen molar-refractivity contribution in [3.8, 4) is 17.0 Å². The maximum Gasteiger partial charge on any atom is 0.299 e. The number of hydrogen-bond acceptors (Lipinski definition) is 7. The number of carbonyl (C=O) groups excluding carboxylic acids is 1. The SMILES string of the molecule is [C-]#[N+]c1ccc(-c2cnc(Nc3cc(NC(=O)CCN4CCN(C)CC4)ccc3C)o2)cc1-n1ccccc1=O. The molecule has 5 rings (SSSR count). The molecule has 204 valence electrons. The molecule has 1 amide bonds. The van der Waals surface area contributed by atoms with Crippen LogP contribution >= 0.6 is 0 Å². The number of piperazine rings is 1. The van der Waals surface area contributed by atoms with E-state index < -0.39 is 0 Å². The highest BCUT2D eigenvalue weighted by atomic mass is 16.4. The third kappa shape index (κ3) is 6.29. The summed E-state index contributed by atoms with van der Waals surface area (Å²) < 4.78 is 7.41. The van der Waals surface area contributed by atoms with Gasteiger partial charge in [-0.3, -0.25) is 14.2 Å². The van der Waals surface area contributed by atoms with E-state index >= 15 is 0 Å². The van der Waals surface area contributed by atoms with Gasteiger partial charge in [-0.15, -0.1) is 0 Å².